The van der Waals surface area contributed by atoms with Gasteiger partial charge in [-0.15, -0.1) is 0 Å². The lowest BCUT2D eigenvalue weighted by atomic mass is 10.0. The topological polar surface area (TPSA) is 38.5 Å². The van der Waals surface area contributed by atoms with Crippen LogP contribution in [0.2, 0.25) is 0 Å². The third kappa shape index (κ3) is 5.37. The highest BCUT2D eigenvalue weighted by Gasteiger charge is 2.20. The average molecular weight is 355 g/mol. The Morgan fingerprint density at radius 1 is 1.43 bits per heavy atom. The van der Waals surface area contributed by atoms with Crippen LogP contribution in [-0.4, -0.2) is 37.2 Å². The summed E-state index contributed by atoms with van der Waals surface area (Å²) in [5.74, 6) is 0. The first-order valence-corrected chi connectivity index (χ1v) is 8.84. The highest BCUT2D eigenvalue weighted by molar-refractivity contribution is 9.10. The number of hydrogen-bond donors (Lipinski definition) is 1. The molecular weight excluding hydrogens is 328 g/mol. The molecule has 3 nitrogen and oxygen atoms in total. The first-order valence-electron chi connectivity index (χ1n) is 8.04. The molecule has 1 saturated heterocycles. The second-order valence-electron chi connectivity index (χ2n) is 5.85. The molecule has 4 heteroatoms. The molecule has 118 valence electrons. The van der Waals surface area contributed by atoms with Crippen molar-refractivity contribution in [1.82, 2.24) is 4.90 Å². The van der Waals surface area contributed by atoms with Gasteiger partial charge in [-0.05, 0) is 43.9 Å². The Balaban J connectivity index is 1.78. The fourth-order valence-corrected chi connectivity index (χ4v) is 3.47. The monoisotopic (exact) mass is 354 g/mol. The third-order valence-corrected chi connectivity index (χ3v) is 4.80. The number of nitrogens with two attached hydrogens (primary N) is 1. The number of benzene rings is 1. The quantitative estimate of drug-likeness (QED) is 0.810. The van der Waals surface area contributed by atoms with Crippen molar-refractivity contribution in [2.45, 2.75) is 44.8 Å². The molecule has 0 saturated carbocycles. The van der Waals surface area contributed by atoms with Crippen molar-refractivity contribution in [3.05, 3.63) is 34.3 Å². The van der Waals surface area contributed by atoms with Crippen LogP contribution in [0, 0.1) is 0 Å². The van der Waals surface area contributed by atoms with Gasteiger partial charge in [0.2, 0.25) is 0 Å². The van der Waals surface area contributed by atoms with Gasteiger partial charge in [-0.3, -0.25) is 0 Å². The Kier molecular flexibility index (Phi) is 7.17. The Hall–Kier alpha value is -0.420. The molecule has 1 aromatic carbocycles. The number of nitrogens with zero attached hydrogens (tertiary/aromatic N) is 1. The molecule has 1 fully saturated rings. The lowest BCUT2D eigenvalue weighted by Gasteiger charge is -2.33. The maximum Gasteiger partial charge on any atom is 0.0702 e. The van der Waals surface area contributed by atoms with E-state index < -0.39 is 0 Å². The van der Waals surface area contributed by atoms with Gasteiger partial charge in [0, 0.05) is 30.2 Å². The molecule has 2 rings (SSSR count). The fraction of sp³-hybridized carbons (Fsp3) is 0.647. The van der Waals surface area contributed by atoms with Gasteiger partial charge in [0.05, 0.1) is 6.10 Å². The minimum atomic E-state index is 0.0949. The zero-order chi connectivity index (χ0) is 15.1. The zero-order valence-corrected chi connectivity index (χ0v) is 14.5. The minimum absolute atomic E-state index is 0.0949. The van der Waals surface area contributed by atoms with Crippen molar-refractivity contribution in [3.63, 3.8) is 0 Å². The molecule has 2 atom stereocenters. The molecule has 0 amide bonds. The molecule has 21 heavy (non-hydrogen) atoms. The number of piperidine rings is 1. The lowest BCUT2D eigenvalue weighted by Crippen LogP contribution is -2.40. The van der Waals surface area contributed by atoms with Gasteiger partial charge in [0.15, 0.2) is 0 Å². The van der Waals surface area contributed by atoms with Gasteiger partial charge in [-0.25, -0.2) is 0 Å². The molecule has 0 bridgehead atoms. The SMILES string of the molecule is CCCOC1CCCN(CCC(N)c2ccccc2Br)C1. The number of ether oxygens (including phenoxy) is 1. The maximum atomic E-state index is 6.34. The molecule has 0 spiro atoms. The van der Waals surface area contributed by atoms with E-state index in [0.29, 0.717) is 6.10 Å². The zero-order valence-electron chi connectivity index (χ0n) is 12.9. The Morgan fingerprint density at radius 2 is 2.24 bits per heavy atom. The molecule has 2 unspecified atom stereocenters. The molecule has 0 radical (unpaired) electrons. The van der Waals surface area contributed by atoms with Gasteiger partial charge in [-0.1, -0.05) is 41.1 Å². The van der Waals surface area contributed by atoms with Gasteiger partial charge in [-0.2, -0.15) is 0 Å². The first-order chi connectivity index (χ1) is 10.2. The van der Waals surface area contributed by atoms with Crippen molar-refractivity contribution in [2.24, 2.45) is 5.73 Å². The number of hydrogen-bond acceptors (Lipinski definition) is 3. The second-order valence-corrected chi connectivity index (χ2v) is 6.71. The van der Waals surface area contributed by atoms with Crippen LogP contribution in [0.15, 0.2) is 28.7 Å². The van der Waals surface area contributed by atoms with Crippen molar-refractivity contribution in [1.29, 1.82) is 0 Å². The summed E-state index contributed by atoms with van der Waals surface area (Å²) in [7, 11) is 0. The average Bonchev–Trinajstić information content (AvgIpc) is 2.51. The van der Waals surface area contributed by atoms with E-state index in [4.69, 9.17) is 10.5 Å². The van der Waals surface area contributed by atoms with E-state index in [-0.39, 0.29) is 6.04 Å². The van der Waals surface area contributed by atoms with Gasteiger partial charge in [0.1, 0.15) is 0 Å². The predicted octanol–water partition coefficient (Wildman–Crippen LogP) is 3.73. The summed E-state index contributed by atoms with van der Waals surface area (Å²) >= 11 is 3.59. The molecule has 1 aliphatic heterocycles. The van der Waals surface area contributed by atoms with Crippen molar-refractivity contribution in [2.75, 3.05) is 26.2 Å². The Morgan fingerprint density at radius 3 is 3.00 bits per heavy atom. The van der Waals surface area contributed by atoms with Crippen LogP contribution in [-0.2, 0) is 4.74 Å². The van der Waals surface area contributed by atoms with Gasteiger partial charge >= 0.3 is 0 Å². The molecule has 1 aliphatic rings. The third-order valence-electron chi connectivity index (χ3n) is 4.08. The lowest BCUT2D eigenvalue weighted by molar-refractivity contribution is -0.000629. The van der Waals surface area contributed by atoms with E-state index in [2.05, 4.69) is 46.0 Å². The molecule has 1 heterocycles. The standard InChI is InChI=1S/C17H27BrN2O/c1-2-12-21-14-6-5-10-20(13-14)11-9-17(19)15-7-3-4-8-16(15)18/h3-4,7-8,14,17H,2,5-6,9-13,19H2,1H3. The number of rotatable bonds is 7. The predicted molar refractivity (Wildman–Crippen MR) is 91.4 cm³/mol. The largest absolute Gasteiger partial charge is 0.377 e. The number of likely N-dealkylation sites (tertiary alicyclic amines) is 1. The number of halogens is 1. The summed E-state index contributed by atoms with van der Waals surface area (Å²) < 4.78 is 7.00. The highest BCUT2D eigenvalue weighted by Crippen LogP contribution is 2.24. The maximum absolute atomic E-state index is 6.34. The smallest absolute Gasteiger partial charge is 0.0702 e. The van der Waals surface area contributed by atoms with Crippen LogP contribution < -0.4 is 5.73 Å². The van der Waals surface area contributed by atoms with Gasteiger partial charge < -0.3 is 15.4 Å². The van der Waals surface area contributed by atoms with Crippen LogP contribution >= 0.6 is 15.9 Å². The molecule has 1 aromatic rings. The fourth-order valence-electron chi connectivity index (χ4n) is 2.89. The second kappa shape index (κ2) is 8.89. The summed E-state index contributed by atoms with van der Waals surface area (Å²) in [6.45, 7) is 6.33. The first kappa shape index (κ1) is 16.9. The van der Waals surface area contributed by atoms with E-state index in [1.807, 2.05) is 6.07 Å². The molecule has 2 N–H and O–H groups in total. The van der Waals surface area contributed by atoms with E-state index in [9.17, 15) is 0 Å². The van der Waals surface area contributed by atoms with Crippen LogP contribution in [0.3, 0.4) is 0 Å². The Labute approximate surface area is 137 Å². The van der Waals surface area contributed by atoms with E-state index in [0.717, 1.165) is 37.0 Å². The summed E-state index contributed by atoms with van der Waals surface area (Å²) in [4.78, 5) is 2.50. The summed E-state index contributed by atoms with van der Waals surface area (Å²) in [6, 6.07) is 8.34. The molecular formula is C17H27BrN2O. The van der Waals surface area contributed by atoms with E-state index >= 15 is 0 Å². The summed E-state index contributed by atoms with van der Waals surface area (Å²) in [5, 5.41) is 0. The highest BCUT2D eigenvalue weighted by atomic mass is 79.9. The van der Waals surface area contributed by atoms with E-state index in [1.165, 1.54) is 24.9 Å². The normalized spacial score (nSPS) is 21.4. The van der Waals surface area contributed by atoms with Crippen LogP contribution in [0.4, 0.5) is 0 Å². The van der Waals surface area contributed by atoms with Gasteiger partial charge in [0.25, 0.3) is 0 Å². The molecule has 0 aromatic heterocycles. The van der Waals surface area contributed by atoms with Crippen molar-refractivity contribution in [3.8, 4) is 0 Å². The van der Waals surface area contributed by atoms with Crippen LogP contribution in [0.5, 0.6) is 0 Å². The summed E-state index contributed by atoms with van der Waals surface area (Å²) in [6.07, 6.45) is 4.94. The van der Waals surface area contributed by atoms with Crippen molar-refractivity contribution >= 4 is 15.9 Å². The van der Waals surface area contributed by atoms with E-state index in [1.54, 1.807) is 0 Å². The minimum Gasteiger partial charge on any atom is -0.377 e. The molecule has 0 aliphatic carbocycles. The van der Waals surface area contributed by atoms with Crippen LogP contribution in [0.1, 0.15) is 44.2 Å². The Bertz CT molecular complexity index is 427. The summed E-state index contributed by atoms with van der Waals surface area (Å²) in [5.41, 5.74) is 7.54. The van der Waals surface area contributed by atoms with Crippen molar-refractivity contribution < 1.29 is 4.74 Å². The van der Waals surface area contributed by atoms with Crippen LogP contribution in [0.25, 0.3) is 0 Å².